The second-order valence-electron chi connectivity index (χ2n) is 7.36. The number of rotatable bonds is 3. The number of nitrogens with zero attached hydrogens (tertiary/aromatic N) is 1. The first kappa shape index (κ1) is 19.0. The van der Waals surface area contributed by atoms with Crippen LogP contribution in [0.3, 0.4) is 0 Å². The first-order chi connectivity index (χ1) is 10.9. The van der Waals surface area contributed by atoms with Crippen LogP contribution in [0, 0.1) is 23.2 Å². The van der Waals surface area contributed by atoms with E-state index < -0.39 is 16.0 Å². The number of aromatic carboxylic acids is 1. The molecule has 1 saturated heterocycles. The lowest BCUT2D eigenvalue weighted by Crippen LogP contribution is -2.27. The molecule has 2 atom stereocenters. The van der Waals surface area contributed by atoms with Crippen molar-refractivity contribution in [1.29, 1.82) is 0 Å². The van der Waals surface area contributed by atoms with Gasteiger partial charge in [-0.05, 0) is 38.3 Å². The predicted molar refractivity (Wildman–Crippen MR) is 95.9 cm³/mol. The maximum absolute atomic E-state index is 11.8. The van der Waals surface area contributed by atoms with Crippen LogP contribution in [-0.4, -0.2) is 43.1 Å². The Morgan fingerprint density at radius 3 is 2.46 bits per heavy atom. The lowest BCUT2D eigenvalue weighted by molar-refractivity contribution is 0.0700. The topological polar surface area (TPSA) is 74.7 Å². The van der Waals surface area contributed by atoms with Crippen molar-refractivity contribution in [2.24, 2.45) is 11.3 Å². The third-order valence-electron chi connectivity index (χ3n) is 3.96. The van der Waals surface area contributed by atoms with Crippen LogP contribution in [0.25, 0.3) is 0 Å². The molecule has 0 radical (unpaired) electrons. The van der Waals surface area contributed by atoms with E-state index in [1.807, 2.05) is 33.8 Å². The summed E-state index contributed by atoms with van der Waals surface area (Å²) < 4.78 is 25.0. The minimum absolute atomic E-state index is 0.0656. The van der Waals surface area contributed by atoms with Gasteiger partial charge in [-0.2, -0.15) is 0 Å². The first-order valence-electron chi connectivity index (χ1n) is 7.74. The summed E-state index contributed by atoms with van der Waals surface area (Å²) in [7, 11) is -3.27. The molecule has 24 heavy (non-hydrogen) atoms. The lowest BCUT2D eigenvalue weighted by atomic mass is 9.90. The molecule has 1 aromatic heterocycles. The van der Waals surface area contributed by atoms with Crippen LogP contribution in [0.4, 0.5) is 0 Å². The highest BCUT2D eigenvalue weighted by Crippen LogP contribution is 2.38. The van der Waals surface area contributed by atoms with Crippen LogP contribution < -0.4 is 0 Å². The van der Waals surface area contributed by atoms with Crippen LogP contribution in [0.2, 0.25) is 0 Å². The number of carboxylic acids is 1. The summed E-state index contributed by atoms with van der Waals surface area (Å²) in [6.45, 7) is 8.69. The molecule has 2 unspecified atom stereocenters. The van der Waals surface area contributed by atoms with Gasteiger partial charge in [-0.1, -0.05) is 18.8 Å². The maximum atomic E-state index is 11.8. The normalized spacial score (nSPS) is 22.2. The van der Waals surface area contributed by atoms with Gasteiger partial charge < -0.3 is 5.11 Å². The van der Waals surface area contributed by atoms with Crippen molar-refractivity contribution in [2.75, 3.05) is 19.3 Å². The molecule has 0 bridgehead atoms. The van der Waals surface area contributed by atoms with Gasteiger partial charge in [0.15, 0.2) is 0 Å². The molecule has 2 rings (SSSR count). The van der Waals surface area contributed by atoms with Gasteiger partial charge in [-0.15, -0.1) is 11.3 Å². The number of carboxylic acid groups (broad SMARTS) is 1. The van der Waals surface area contributed by atoms with E-state index in [4.69, 9.17) is 0 Å². The second-order valence-corrected chi connectivity index (χ2v) is 10.4. The molecular weight excluding hydrogens is 346 g/mol. The average Bonchev–Trinajstić information content (AvgIpc) is 2.98. The molecule has 5 nitrogen and oxygen atoms in total. The van der Waals surface area contributed by atoms with Gasteiger partial charge in [-0.25, -0.2) is 17.5 Å². The summed E-state index contributed by atoms with van der Waals surface area (Å²) in [5, 5.41) is 9.51. The molecule has 1 fully saturated rings. The molecule has 7 heteroatoms. The first-order valence-corrected chi connectivity index (χ1v) is 10.4. The van der Waals surface area contributed by atoms with Crippen LogP contribution >= 0.6 is 11.3 Å². The minimum Gasteiger partial charge on any atom is -0.477 e. The summed E-state index contributed by atoms with van der Waals surface area (Å²) in [6, 6.07) is 1.82. The standard InChI is InChI=1S/C17H23NO4S2/c1-11-9-18(24(5,21)22)10-14(11)13-8-12(6-7-17(2,3)4)23-15(13)16(19)20/h8,11,14H,9-10H2,1-5H3,(H,19,20). The van der Waals surface area contributed by atoms with Crippen LogP contribution in [0.5, 0.6) is 0 Å². The number of sulfonamides is 1. The Morgan fingerprint density at radius 2 is 2.00 bits per heavy atom. The molecule has 0 aromatic carbocycles. The Hall–Kier alpha value is -1.36. The summed E-state index contributed by atoms with van der Waals surface area (Å²) in [4.78, 5) is 12.6. The molecule has 0 amide bonds. The van der Waals surface area contributed by atoms with Gasteiger partial charge in [0.05, 0.1) is 11.1 Å². The van der Waals surface area contributed by atoms with E-state index in [1.165, 1.54) is 10.6 Å². The third-order valence-corrected chi connectivity index (χ3v) is 6.25. The third kappa shape index (κ3) is 4.38. The zero-order valence-corrected chi connectivity index (χ0v) is 16.2. The summed E-state index contributed by atoms with van der Waals surface area (Å²) >= 11 is 1.16. The number of hydrogen-bond acceptors (Lipinski definition) is 4. The van der Waals surface area contributed by atoms with E-state index >= 15 is 0 Å². The van der Waals surface area contributed by atoms with E-state index in [2.05, 4.69) is 11.8 Å². The molecule has 1 aliphatic rings. The fourth-order valence-electron chi connectivity index (χ4n) is 2.76. The molecule has 132 valence electrons. The highest BCUT2D eigenvalue weighted by atomic mass is 32.2. The summed E-state index contributed by atoms with van der Waals surface area (Å²) in [6.07, 6.45) is 1.19. The van der Waals surface area contributed by atoms with Crippen LogP contribution in [-0.2, 0) is 10.0 Å². The van der Waals surface area contributed by atoms with E-state index in [0.717, 1.165) is 11.3 Å². The van der Waals surface area contributed by atoms with Crippen molar-refractivity contribution < 1.29 is 18.3 Å². The van der Waals surface area contributed by atoms with Gasteiger partial charge >= 0.3 is 5.97 Å². The summed E-state index contributed by atoms with van der Waals surface area (Å²) in [5.74, 6) is 5.13. The van der Waals surface area contributed by atoms with Gasteiger partial charge in [0.25, 0.3) is 0 Å². The zero-order chi connectivity index (χ0) is 18.3. The highest BCUT2D eigenvalue weighted by molar-refractivity contribution is 7.88. The molecular formula is C17H23NO4S2. The largest absolute Gasteiger partial charge is 0.477 e. The molecule has 2 heterocycles. The van der Waals surface area contributed by atoms with E-state index in [0.29, 0.717) is 23.5 Å². The molecule has 0 spiro atoms. The smallest absolute Gasteiger partial charge is 0.346 e. The highest BCUT2D eigenvalue weighted by Gasteiger charge is 2.37. The van der Waals surface area contributed by atoms with Gasteiger partial charge in [-0.3, -0.25) is 0 Å². The molecule has 0 aliphatic carbocycles. The van der Waals surface area contributed by atoms with Gasteiger partial charge in [0, 0.05) is 24.4 Å². The van der Waals surface area contributed by atoms with Crippen molar-refractivity contribution in [3.8, 4) is 11.8 Å². The van der Waals surface area contributed by atoms with Crippen LogP contribution in [0.15, 0.2) is 6.07 Å². The number of hydrogen-bond donors (Lipinski definition) is 1. The Bertz CT molecular complexity index is 806. The van der Waals surface area contributed by atoms with Crippen molar-refractivity contribution in [3.63, 3.8) is 0 Å². The Kier molecular flexibility index (Phi) is 5.14. The van der Waals surface area contributed by atoms with Crippen molar-refractivity contribution in [1.82, 2.24) is 4.31 Å². The molecule has 1 aliphatic heterocycles. The Morgan fingerprint density at radius 1 is 1.38 bits per heavy atom. The predicted octanol–water partition coefficient (Wildman–Crippen LogP) is 2.84. The summed E-state index contributed by atoms with van der Waals surface area (Å²) in [5.41, 5.74) is 0.533. The maximum Gasteiger partial charge on any atom is 0.346 e. The van der Waals surface area contributed by atoms with Crippen molar-refractivity contribution in [3.05, 3.63) is 21.4 Å². The number of carbonyl (C=O) groups is 1. The molecule has 1 aromatic rings. The lowest BCUT2D eigenvalue weighted by Gasteiger charge is -2.14. The molecule has 1 N–H and O–H groups in total. The van der Waals surface area contributed by atoms with Crippen molar-refractivity contribution >= 4 is 27.3 Å². The van der Waals surface area contributed by atoms with E-state index in [9.17, 15) is 18.3 Å². The fourth-order valence-corrected chi connectivity index (χ4v) is 4.62. The fraction of sp³-hybridized carbons (Fsp3) is 0.588. The van der Waals surface area contributed by atoms with E-state index in [1.54, 1.807) is 0 Å². The SMILES string of the molecule is CC1CN(S(C)(=O)=O)CC1c1cc(C#CC(C)(C)C)sc1C(=O)O. The van der Waals surface area contributed by atoms with E-state index in [-0.39, 0.29) is 22.1 Å². The second kappa shape index (κ2) is 6.51. The molecule has 0 saturated carbocycles. The van der Waals surface area contributed by atoms with Crippen molar-refractivity contribution in [2.45, 2.75) is 33.6 Å². The quantitative estimate of drug-likeness (QED) is 0.832. The van der Waals surface area contributed by atoms with Gasteiger partial charge in [0.1, 0.15) is 4.88 Å². The monoisotopic (exact) mass is 369 g/mol. The zero-order valence-electron chi connectivity index (χ0n) is 14.6. The Labute approximate surface area is 147 Å². The number of thiophene rings is 1. The average molecular weight is 370 g/mol. The van der Waals surface area contributed by atoms with Gasteiger partial charge in [0.2, 0.25) is 10.0 Å². The van der Waals surface area contributed by atoms with Crippen LogP contribution in [0.1, 0.15) is 53.7 Å². The Balaban J connectivity index is 2.41. The minimum atomic E-state index is -3.27.